The van der Waals surface area contributed by atoms with Crippen LogP contribution < -0.4 is 4.80 Å². The second kappa shape index (κ2) is 7.95. The van der Waals surface area contributed by atoms with Crippen molar-refractivity contribution in [3.63, 3.8) is 0 Å². The maximum atomic E-state index is 12.7. The van der Waals surface area contributed by atoms with Gasteiger partial charge in [0.2, 0.25) is 10.0 Å². The number of rotatable bonds is 4. The highest BCUT2D eigenvalue weighted by molar-refractivity contribution is 7.89. The van der Waals surface area contributed by atoms with Crippen molar-refractivity contribution in [3.8, 4) is 12.3 Å². The van der Waals surface area contributed by atoms with Gasteiger partial charge >= 0.3 is 0 Å². The van der Waals surface area contributed by atoms with E-state index in [0.717, 1.165) is 23.1 Å². The number of nitrogens with zero attached hydrogens (tertiary/aromatic N) is 3. The van der Waals surface area contributed by atoms with Gasteiger partial charge in [0, 0.05) is 18.7 Å². The lowest BCUT2D eigenvalue weighted by atomic mass is 10.2. The number of terminal acetylenes is 1. The van der Waals surface area contributed by atoms with Crippen molar-refractivity contribution in [1.29, 1.82) is 0 Å². The smallest absolute Gasteiger partial charge is 0.279 e. The normalized spacial score (nSPS) is 15.6. The van der Waals surface area contributed by atoms with E-state index >= 15 is 0 Å². The number of carbonyl (C=O) groups excluding carboxylic acids is 1. The molecule has 0 unspecified atom stereocenters. The highest BCUT2D eigenvalue weighted by Crippen LogP contribution is 2.21. The van der Waals surface area contributed by atoms with Gasteiger partial charge < -0.3 is 4.57 Å². The molecular weight excluding hydrogens is 406 g/mol. The Balaban J connectivity index is 1.67. The SMILES string of the molecule is C#CCn1c(=NC(=O)c2ccc(S(=O)(=O)N3CCCC3)cc2)sc2ccccc21. The van der Waals surface area contributed by atoms with Crippen molar-refractivity contribution in [3.05, 3.63) is 58.9 Å². The molecule has 3 aromatic rings. The first-order valence-corrected chi connectivity index (χ1v) is 11.5. The fourth-order valence-corrected chi connectivity index (χ4v) is 5.89. The minimum atomic E-state index is -3.50. The first-order chi connectivity index (χ1) is 14.0. The van der Waals surface area contributed by atoms with E-state index in [2.05, 4.69) is 10.9 Å². The third-order valence-electron chi connectivity index (χ3n) is 4.84. The Hall–Kier alpha value is -2.73. The molecule has 1 fully saturated rings. The molecule has 29 heavy (non-hydrogen) atoms. The molecule has 8 heteroatoms. The zero-order chi connectivity index (χ0) is 20.4. The Bertz CT molecular complexity index is 1270. The first kappa shape index (κ1) is 19.6. The van der Waals surface area contributed by atoms with Crippen LogP contribution in [0.4, 0.5) is 0 Å². The Morgan fingerprint density at radius 3 is 2.48 bits per heavy atom. The van der Waals surface area contributed by atoms with Crippen LogP contribution in [-0.4, -0.2) is 36.3 Å². The van der Waals surface area contributed by atoms with Crippen LogP contribution in [0.2, 0.25) is 0 Å². The van der Waals surface area contributed by atoms with Crippen molar-refractivity contribution < 1.29 is 13.2 Å². The van der Waals surface area contributed by atoms with Gasteiger partial charge in [0.1, 0.15) is 0 Å². The molecule has 0 aliphatic carbocycles. The van der Waals surface area contributed by atoms with E-state index in [1.807, 2.05) is 28.8 Å². The van der Waals surface area contributed by atoms with Gasteiger partial charge in [-0.1, -0.05) is 29.4 Å². The van der Waals surface area contributed by atoms with Crippen LogP contribution in [0, 0.1) is 12.3 Å². The molecule has 0 atom stereocenters. The second-order valence-corrected chi connectivity index (χ2v) is 9.64. The largest absolute Gasteiger partial charge is 0.305 e. The average Bonchev–Trinajstić information content (AvgIpc) is 3.38. The van der Waals surface area contributed by atoms with Crippen LogP contribution in [0.25, 0.3) is 10.2 Å². The summed E-state index contributed by atoms with van der Waals surface area (Å²) in [5, 5.41) is 0. The molecule has 148 valence electrons. The highest BCUT2D eigenvalue weighted by Gasteiger charge is 2.27. The molecule has 1 aromatic heterocycles. The number of hydrogen-bond donors (Lipinski definition) is 0. The van der Waals surface area contributed by atoms with Gasteiger partial charge in [0.05, 0.1) is 21.7 Å². The molecule has 6 nitrogen and oxygen atoms in total. The molecule has 0 bridgehead atoms. The van der Waals surface area contributed by atoms with Gasteiger partial charge in [0.25, 0.3) is 5.91 Å². The molecule has 0 N–H and O–H groups in total. The average molecular weight is 426 g/mol. The lowest BCUT2D eigenvalue weighted by molar-refractivity contribution is 0.0998. The van der Waals surface area contributed by atoms with Crippen molar-refractivity contribution in [2.45, 2.75) is 24.3 Å². The number of sulfonamides is 1. The standard InChI is InChI=1S/C21H19N3O3S2/c1-2-13-24-18-7-3-4-8-19(18)28-21(24)22-20(25)16-9-11-17(12-10-16)29(26,27)23-14-5-6-15-23/h1,3-4,7-12H,5-6,13-15H2. The van der Waals surface area contributed by atoms with E-state index in [4.69, 9.17) is 6.42 Å². The van der Waals surface area contributed by atoms with Crippen molar-refractivity contribution in [2.75, 3.05) is 13.1 Å². The van der Waals surface area contributed by atoms with Gasteiger partial charge in [-0.25, -0.2) is 8.42 Å². The lowest BCUT2D eigenvalue weighted by Crippen LogP contribution is -2.27. The molecular formula is C21H19N3O3S2. The third-order valence-corrected chi connectivity index (χ3v) is 7.81. The summed E-state index contributed by atoms with van der Waals surface area (Å²) >= 11 is 1.39. The maximum Gasteiger partial charge on any atom is 0.279 e. The van der Waals surface area contributed by atoms with E-state index in [1.54, 1.807) is 0 Å². The summed E-state index contributed by atoms with van der Waals surface area (Å²) < 4.78 is 29.5. The second-order valence-electron chi connectivity index (χ2n) is 6.70. The number of amides is 1. The van der Waals surface area contributed by atoms with Gasteiger partial charge in [-0.3, -0.25) is 4.79 Å². The van der Waals surface area contributed by atoms with Crippen molar-refractivity contribution in [2.24, 2.45) is 4.99 Å². The maximum absolute atomic E-state index is 12.7. The zero-order valence-corrected chi connectivity index (χ0v) is 17.2. The van der Waals surface area contributed by atoms with E-state index in [9.17, 15) is 13.2 Å². The van der Waals surface area contributed by atoms with Crippen LogP contribution in [0.15, 0.2) is 58.4 Å². The molecule has 0 radical (unpaired) electrons. The number of hydrogen-bond acceptors (Lipinski definition) is 4. The van der Waals surface area contributed by atoms with E-state index in [-0.39, 0.29) is 4.90 Å². The van der Waals surface area contributed by atoms with Crippen LogP contribution in [0.3, 0.4) is 0 Å². The summed E-state index contributed by atoms with van der Waals surface area (Å²) in [5.74, 6) is 2.16. The summed E-state index contributed by atoms with van der Waals surface area (Å²) in [7, 11) is -3.50. The molecule has 4 rings (SSSR count). The van der Waals surface area contributed by atoms with E-state index in [0.29, 0.717) is 30.0 Å². The van der Waals surface area contributed by atoms with Crippen LogP contribution in [-0.2, 0) is 16.6 Å². The third kappa shape index (κ3) is 3.77. The van der Waals surface area contributed by atoms with Crippen LogP contribution in [0.1, 0.15) is 23.2 Å². The van der Waals surface area contributed by atoms with Crippen LogP contribution in [0.5, 0.6) is 0 Å². The van der Waals surface area contributed by atoms with Gasteiger partial charge in [0.15, 0.2) is 4.80 Å². The van der Waals surface area contributed by atoms with E-state index < -0.39 is 15.9 Å². The Morgan fingerprint density at radius 2 is 1.79 bits per heavy atom. The van der Waals surface area contributed by atoms with Crippen molar-refractivity contribution >= 4 is 37.5 Å². The molecule has 1 aliphatic heterocycles. The number of aromatic nitrogens is 1. The predicted octanol–water partition coefficient (Wildman–Crippen LogP) is 2.86. The zero-order valence-electron chi connectivity index (χ0n) is 15.6. The lowest BCUT2D eigenvalue weighted by Gasteiger charge is -2.15. The first-order valence-electron chi connectivity index (χ1n) is 9.22. The number of benzene rings is 2. The highest BCUT2D eigenvalue weighted by atomic mass is 32.2. The minimum Gasteiger partial charge on any atom is -0.305 e. The minimum absolute atomic E-state index is 0.195. The summed E-state index contributed by atoms with van der Waals surface area (Å²) in [6.07, 6.45) is 7.23. The summed E-state index contributed by atoms with van der Waals surface area (Å²) in [4.78, 5) is 17.6. The van der Waals surface area contributed by atoms with Gasteiger partial charge in [-0.05, 0) is 49.2 Å². The monoisotopic (exact) mass is 425 g/mol. The summed E-state index contributed by atoms with van der Waals surface area (Å²) in [6.45, 7) is 1.39. The fraction of sp³-hybridized carbons (Fsp3) is 0.238. The molecule has 1 aliphatic rings. The molecule has 2 heterocycles. The molecule has 0 saturated carbocycles. The topological polar surface area (TPSA) is 71.7 Å². The quantitative estimate of drug-likeness (QED) is 0.604. The van der Waals surface area contributed by atoms with Gasteiger partial charge in [-0.2, -0.15) is 9.30 Å². The fourth-order valence-electron chi connectivity index (χ4n) is 3.35. The Kier molecular flexibility index (Phi) is 5.37. The Labute approximate surface area is 173 Å². The number of thiazole rings is 1. The molecule has 0 spiro atoms. The summed E-state index contributed by atoms with van der Waals surface area (Å²) in [5.41, 5.74) is 1.25. The molecule has 1 amide bonds. The predicted molar refractivity (Wildman–Crippen MR) is 113 cm³/mol. The number of fused-ring (bicyclic) bond motifs is 1. The van der Waals surface area contributed by atoms with Crippen LogP contribution >= 0.6 is 11.3 Å². The molecule has 2 aromatic carbocycles. The number of carbonyl (C=O) groups is 1. The summed E-state index contributed by atoms with van der Waals surface area (Å²) in [6, 6.07) is 13.7. The Morgan fingerprint density at radius 1 is 1.10 bits per heavy atom. The van der Waals surface area contributed by atoms with E-state index in [1.165, 1.54) is 39.9 Å². The van der Waals surface area contributed by atoms with Gasteiger partial charge in [-0.15, -0.1) is 6.42 Å². The van der Waals surface area contributed by atoms with Crippen molar-refractivity contribution in [1.82, 2.24) is 8.87 Å². The molecule has 1 saturated heterocycles. The number of para-hydroxylation sites is 1.